The van der Waals surface area contributed by atoms with Gasteiger partial charge in [-0.15, -0.1) is 0 Å². The average molecular weight is 621 g/mol. The Labute approximate surface area is 249 Å². The van der Waals surface area contributed by atoms with Crippen LogP contribution in [0.25, 0.3) is 22.3 Å². The summed E-state index contributed by atoms with van der Waals surface area (Å²) in [5, 5.41) is 11.4. The van der Waals surface area contributed by atoms with Crippen LogP contribution in [0, 0.1) is 5.82 Å². The molecule has 0 aliphatic heterocycles. The normalized spacial score (nSPS) is 13.4. The number of carboxylic acid groups (broad SMARTS) is 1. The van der Waals surface area contributed by atoms with Crippen LogP contribution < -0.4 is 9.62 Å². The van der Waals surface area contributed by atoms with Crippen molar-refractivity contribution >= 4 is 38.7 Å². The predicted molar refractivity (Wildman–Crippen MR) is 159 cm³/mol. The summed E-state index contributed by atoms with van der Waals surface area (Å²) < 4.78 is 63.4. The highest BCUT2D eigenvalue weighted by molar-refractivity contribution is 7.92. The van der Waals surface area contributed by atoms with Gasteiger partial charge < -0.3 is 23.7 Å². The number of benzene rings is 2. The van der Waals surface area contributed by atoms with E-state index >= 15 is 0 Å². The van der Waals surface area contributed by atoms with Crippen molar-refractivity contribution in [2.75, 3.05) is 56.7 Å². The summed E-state index contributed by atoms with van der Waals surface area (Å²) in [4.78, 5) is 24.3. The summed E-state index contributed by atoms with van der Waals surface area (Å²) in [5.41, 5.74) is 1.58. The lowest BCUT2D eigenvalue weighted by Gasteiger charge is -2.25. The molecule has 1 saturated carbocycles. The van der Waals surface area contributed by atoms with Crippen LogP contribution in [0.2, 0.25) is 0 Å². The first-order valence-corrected chi connectivity index (χ1v) is 16.1. The number of imide groups is 1. The Morgan fingerprint density at radius 1 is 1.02 bits per heavy atom. The van der Waals surface area contributed by atoms with Crippen LogP contribution in [-0.4, -0.2) is 78.0 Å². The van der Waals surface area contributed by atoms with Gasteiger partial charge in [0, 0.05) is 23.6 Å². The summed E-state index contributed by atoms with van der Waals surface area (Å²) in [6.07, 6.45) is 3.28. The molecule has 1 fully saturated rings. The van der Waals surface area contributed by atoms with E-state index < -0.39 is 27.8 Å². The quantitative estimate of drug-likeness (QED) is 0.196. The third-order valence-corrected chi connectivity index (χ3v) is 8.08. The number of halogens is 1. The van der Waals surface area contributed by atoms with Gasteiger partial charge in [0.05, 0.1) is 57.1 Å². The Kier molecular flexibility index (Phi) is 11.1. The lowest BCUT2D eigenvalue weighted by Crippen LogP contribution is -2.34. The molecule has 13 heteroatoms. The van der Waals surface area contributed by atoms with E-state index in [0.29, 0.717) is 48.6 Å². The monoisotopic (exact) mass is 620 g/mol. The summed E-state index contributed by atoms with van der Waals surface area (Å²) in [5.74, 6) is -1.32. The minimum absolute atomic E-state index is 0.0298. The zero-order valence-corrected chi connectivity index (χ0v) is 25.1. The number of rotatable bonds is 17. The number of ether oxygens (including phenoxy) is 3. The van der Waals surface area contributed by atoms with Gasteiger partial charge in [-0.05, 0) is 61.1 Å². The number of fused-ring (bicyclic) bond motifs is 1. The number of carbonyl (C=O) groups excluding carboxylic acids is 1. The smallest absolute Gasteiger partial charge is 0.411 e. The third kappa shape index (κ3) is 8.75. The van der Waals surface area contributed by atoms with Gasteiger partial charge in [-0.1, -0.05) is 13.3 Å². The van der Waals surface area contributed by atoms with Gasteiger partial charge in [-0.3, -0.25) is 14.4 Å². The Bertz CT molecular complexity index is 1520. The van der Waals surface area contributed by atoms with Gasteiger partial charge >= 0.3 is 6.09 Å². The lowest BCUT2D eigenvalue weighted by atomic mass is 10.0. The van der Waals surface area contributed by atoms with E-state index in [1.54, 1.807) is 12.1 Å². The van der Waals surface area contributed by atoms with Crippen molar-refractivity contribution in [2.24, 2.45) is 0 Å². The predicted octanol–water partition coefficient (Wildman–Crippen LogP) is 5.14. The fourth-order valence-electron chi connectivity index (χ4n) is 4.68. The molecule has 1 aliphatic rings. The molecule has 3 aromatic rings. The Balaban J connectivity index is 1.58. The second kappa shape index (κ2) is 14.8. The maximum atomic E-state index is 13.6. The first-order valence-electron chi connectivity index (χ1n) is 14.2. The number of hydrogen-bond acceptors (Lipinski definition) is 8. The molecular weight excluding hydrogens is 583 g/mol. The van der Waals surface area contributed by atoms with Crippen LogP contribution in [0.5, 0.6) is 0 Å². The van der Waals surface area contributed by atoms with E-state index in [1.165, 1.54) is 28.6 Å². The number of sulfonamides is 1. The van der Waals surface area contributed by atoms with Gasteiger partial charge in [0.25, 0.3) is 5.91 Å². The van der Waals surface area contributed by atoms with Crippen LogP contribution in [-0.2, 0) is 24.2 Å². The molecule has 0 unspecified atom stereocenters. The van der Waals surface area contributed by atoms with Gasteiger partial charge in [0.15, 0.2) is 0 Å². The van der Waals surface area contributed by atoms with Gasteiger partial charge in [-0.2, -0.15) is 0 Å². The van der Waals surface area contributed by atoms with Gasteiger partial charge in [-0.25, -0.2) is 17.6 Å². The topological polar surface area (TPSA) is 145 Å². The van der Waals surface area contributed by atoms with E-state index in [1.807, 2.05) is 5.32 Å². The van der Waals surface area contributed by atoms with E-state index in [-0.39, 0.29) is 42.6 Å². The average Bonchev–Trinajstić information content (AvgIpc) is 3.72. The molecule has 2 amide bonds. The molecule has 1 aliphatic carbocycles. The number of furan rings is 1. The van der Waals surface area contributed by atoms with Crippen LogP contribution in [0.15, 0.2) is 40.8 Å². The van der Waals surface area contributed by atoms with Crippen LogP contribution in [0.3, 0.4) is 0 Å². The molecular formula is C30H37FN2O9S. The summed E-state index contributed by atoms with van der Waals surface area (Å²) in [6.45, 7) is 4.51. The van der Waals surface area contributed by atoms with E-state index in [9.17, 15) is 27.5 Å². The summed E-state index contributed by atoms with van der Waals surface area (Å²) in [6, 6.07) is 8.45. The Hall–Kier alpha value is -3.52. The SMILES string of the molecule is CCCCOCCOCCOCCN(c1cc2oc(-c3ccc(F)cc3)c(C(=O)NC(=O)O)c2cc1C1CC1)S(C)(=O)=O. The number of amides is 2. The number of nitrogens with one attached hydrogen (secondary N) is 1. The van der Waals surface area contributed by atoms with Crippen molar-refractivity contribution in [3.8, 4) is 11.3 Å². The molecule has 0 atom stereocenters. The molecule has 4 rings (SSSR count). The van der Waals surface area contributed by atoms with E-state index in [4.69, 9.17) is 18.6 Å². The maximum absolute atomic E-state index is 13.6. The first-order chi connectivity index (χ1) is 20.6. The van der Waals surface area contributed by atoms with Gasteiger partial charge in [0.2, 0.25) is 10.0 Å². The van der Waals surface area contributed by atoms with Crippen molar-refractivity contribution < 1.29 is 46.1 Å². The van der Waals surface area contributed by atoms with E-state index in [0.717, 1.165) is 31.9 Å². The molecule has 2 N–H and O–H groups in total. The highest BCUT2D eigenvalue weighted by atomic mass is 32.2. The minimum atomic E-state index is -3.75. The van der Waals surface area contributed by atoms with Crippen LogP contribution >= 0.6 is 0 Å². The second-order valence-corrected chi connectivity index (χ2v) is 12.2. The van der Waals surface area contributed by atoms with Gasteiger partial charge in [0.1, 0.15) is 17.2 Å². The highest BCUT2D eigenvalue weighted by Crippen LogP contribution is 2.48. The molecule has 0 saturated heterocycles. The number of unbranched alkanes of at least 4 members (excludes halogenated alkanes) is 1. The molecule has 0 spiro atoms. The van der Waals surface area contributed by atoms with Crippen LogP contribution in [0.4, 0.5) is 14.9 Å². The Morgan fingerprint density at radius 2 is 1.65 bits per heavy atom. The number of anilines is 1. The summed E-state index contributed by atoms with van der Waals surface area (Å²) >= 11 is 0. The minimum Gasteiger partial charge on any atom is -0.465 e. The third-order valence-electron chi connectivity index (χ3n) is 6.90. The molecule has 0 radical (unpaired) electrons. The lowest BCUT2D eigenvalue weighted by molar-refractivity contribution is 0.0156. The van der Waals surface area contributed by atoms with Crippen molar-refractivity contribution in [3.63, 3.8) is 0 Å². The fraction of sp³-hybridized carbons (Fsp3) is 0.467. The highest BCUT2D eigenvalue weighted by Gasteiger charge is 2.33. The standard InChI is InChI=1S/C30H37FN2O9S/c1-3-4-12-39-14-16-41-17-15-40-13-11-33(43(2,37)38)25-19-26-24(18-23(25)20-5-6-20)27(29(34)32-30(35)36)28(42-26)21-7-9-22(31)10-8-21/h7-10,18-20H,3-6,11-17H2,1-2H3,(H,32,34)(H,35,36). The number of carbonyl (C=O) groups is 2. The van der Waals surface area contributed by atoms with Crippen molar-refractivity contribution in [1.29, 1.82) is 0 Å². The van der Waals surface area contributed by atoms with E-state index in [2.05, 4.69) is 6.92 Å². The zero-order valence-electron chi connectivity index (χ0n) is 24.3. The number of nitrogens with zero attached hydrogens (tertiary/aromatic N) is 1. The summed E-state index contributed by atoms with van der Waals surface area (Å²) in [7, 11) is -3.75. The maximum Gasteiger partial charge on any atom is 0.411 e. The molecule has 1 heterocycles. The molecule has 234 valence electrons. The second-order valence-electron chi connectivity index (χ2n) is 10.3. The first kappa shape index (κ1) is 32.4. The van der Waals surface area contributed by atoms with Crippen LogP contribution in [0.1, 0.15) is 54.4 Å². The molecule has 11 nitrogen and oxygen atoms in total. The zero-order chi connectivity index (χ0) is 31.0. The van der Waals surface area contributed by atoms with Crippen molar-refractivity contribution in [1.82, 2.24) is 5.32 Å². The van der Waals surface area contributed by atoms with Crippen molar-refractivity contribution in [3.05, 3.63) is 53.3 Å². The largest absolute Gasteiger partial charge is 0.465 e. The molecule has 43 heavy (non-hydrogen) atoms. The molecule has 0 bridgehead atoms. The number of hydrogen-bond donors (Lipinski definition) is 2. The Morgan fingerprint density at radius 3 is 2.23 bits per heavy atom. The van der Waals surface area contributed by atoms with Crippen molar-refractivity contribution in [2.45, 2.75) is 38.5 Å². The fourth-order valence-corrected chi connectivity index (χ4v) is 5.60. The molecule has 2 aromatic carbocycles. The molecule has 1 aromatic heterocycles.